The Morgan fingerprint density at radius 3 is 2.68 bits per heavy atom. The molecule has 0 radical (unpaired) electrons. The van der Waals surface area contributed by atoms with Gasteiger partial charge in [-0.3, -0.25) is 14.9 Å². The van der Waals surface area contributed by atoms with Crippen LogP contribution in [0.25, 0.3) is 0 Å². The smallest absolute Gasteiger partial charge is 0.269 e. The topological polar surface area (TPSA) is 81.9 Å². The maximum Gasteiger partial charge on any atom is 0.269 e. The van der Waals surface area contributed by atoms with Crippen LogP contribution in [0.4, 0.5) is 10.1 Å². The van der Waals surface area contributed by atoms with Crippen LogP contribution in [0, 0.1) is 15.9 Å². The molecule has 1 saturated heterocycles. The van der Waals surface area contributed by atoms with E-state index in [1.54, 1.807) is 30.2 Å². The summed E-state index contributed by atoms with van der Waals surface area (Å²) in [5.41, 5.74) is 0.558. The van der Waals surface area contributed by atoms with Crippen LogP contribution >= 0.6 is 0 Å². The Labute approximate surface area is 161 Å². The molecule has 2 aromatic rings. The zero-order chi connectivity index (χ0) is 20.1. The standard InChI is InChI=1S/C20H21FN2O5/c1-27-11-3-2-10-22-18(14-6-4-8-16(12-14)23(25)26)19(20(22)24)28-17-9-5-7-15(21)13-17/h4-9,12-13,18-19H,2-3,10-11H2,1H3/t18-,19+/m0/s1. The van der Waals surface area contributed by atoms with Gasteiger partial charge in [0.2, 0.25) is 6.10 Å². The van der Waals surface area contributed by atoms with Crippen molar-refractivity contribution in [2.75, 3.05) is 20.3 Å². The number of likely N-dealkylation sites (tertiary alicyclic amines) is 1. The summed E-state index contributed by atoms with van der Waals surface area (Å²) in [7, 11) is 1.61. The van der Waals surface area contributed by atoms with Gasteiger partial charge >= 0.3 is 0 Å². The third kappa shape index (κ3) is 4.28. The number of hydrogen-bond donors (Lipinski definition) is 0. The SMILES string of the molecule is COCCCCN1C(=O)[C@H](Oc2cccc(F)c2)[C@@H]1c1cccc([N+](=O)[O-])c1. The van der Waals surface area contributed by atoms with E-state index in [9.17, 15) is 19.3 Å². The van der Waals surface area contributed by atoms with E-state index in [0.717, 1.165) is 12.8 Å². The zero-order valence-corrected chi connectivity index (χ0v) is 15.4. The molecule has 8 heteroatoms. The van der Waals surface area contributed by atoms with E-state index in [-0.39, 0.29) is 17.3 Å². The van der Waals surface area contributed by atoms with E-state index in [2.05, 4.69) is 0 Å². The fraction of sp³-hybridized carbons (Fsp3) is 0.350. The van der Waals surface area contributed by atoms with Crippen LogP contribution < -0.4 is 4.74 Å². The Morgan fingerprint density at radius 1 is 1.18 bits per heavy atom. The minimum Gasteiger partial charge on any atom is -0.478 e. The maximum absolute atomic E-state index is 13.5. The van der Waals surface area contributed by atoms with Crippen LogP contribution in [0.15, 0.2) is 48.5 Å². The van der Waals surface area contributed by atoms with Crippen LogP contribution in [-0.2, 0) is 9.53 Å². The van der Waals surface area contributed by atoms with E-state index in [1.807, 2.05) is 0 Å². The van der Waals surface area contributed by atoms with Crippen LogP contribution in [-0.4, -0.2) is 42.1 Å². The Kier molecular flexibility index (Phi) is 6.20. The molecule has 1 fully saturated rings. The Hall–Kier alpha value is -3.00. The van der Waals surface area contributed by atoms with Crippen molar-refractivity contribution in [3.05, 3.63) is 70.0 Å². The van der Waals surface area contributed by atoms with E-state index >= 15 is 0 Å². The summed E-state index contributed by atoms with van der Waals surface area (Å²) in [5.74, 6) is -0.446. The van der Waals surface area contributed by atoms with Gasteiger partial charge in [0.15, 0.2) is 0 Å². The molecule has 2 atom stereocenters. The average molecular weight is 388 g/mol. The number of rotatable bonds is 9. The van der Waals surface area contributed by atoms with Crippen molar-refractivity contribution in [1.29, 1.82) is 0 Å². The lowest BCUT2D eigenvalue weighted by Gasteiger charge is -2.46. The lowest BCUT2D eigenvalue weighted by molar-refractivity contribution is -0.385. The highest BCUT2D eigenvalue weighted by Gasteiger charge is 2.50. The molecule has 0 N–H and O–H groups in total. The van der Waals surface area contributed by atoms with Gasteiger partial charge < -0.3 is 14.4 Å². The van der Waals surface area contributed by atoms with Crippen molar-refractivity contribution >= 4 is 11.6 Å². The molecule has 1 aliphatic heterocycles. The van der Waals surface area contributed by atoms with Crippen molar-refractivity contribution in [3.8, 4) is 5.75 Å². The number of carbonyl (C=O) groups is 1. The molecule has 2 aromatic carbocycles. The van der Waals surface area contributed by atoms with Crippen molar-refractivity contribution in [3.63, 3.8) is 0 Å². The summed E-state index contributed by atoms with van der Waals surface area (Å²) in [4.78, 5) is 24.9. The predicted molar refractivity (Wildman–Crippen MR) is 99.5 cm³/mol. The number of amides is 1. The molecule has 0 unspecified atom stereocenters. The third-order valence-electron chi connectivity index (χ3n) is 4.63. The van der Waals surface area contributed by atoms with Crippen LogP contribution in [0.3, 0.4) is 0 Å². The maximum atomic E-state index is 13.5. The van der Waals surface area contributed by atoms with Crippen molar-refractivity contribution in [2.24, 2.45) is 0 Å². The molecule has 148 valence electrons. The first-order valence-electron chi connectivity index (χ1n) is 8.97. The first kappa shape index (κ1) is 19.8. The van der Waals surface area contributed by atoms with Crippen molar-refractivity contribution in [2.45, 2.75) is 25.0 Å². The first-order valence-corrected chi connectivity index (χ1v) is 8.97. The lowest BCUT2D eigenvalue weighted by atomic mass is 9.89. The minimum atomic E-state index is -0.855. The van der Waals surface area contributed by atoms with Gasteiger partial charge in [-0.2, -0.15) is 0 Å². The summed E-state index contributed by atoms with van der Waals surface area (Å²) in [6.07, 6.45) is 0.668. The summed E-state index contributed by atoms with van der Waals surface area (Å²) < 4.78 is 24.2. The number of β-lactam (4-membered cyclic amide) rings is 1. The molecule has 28 heavy (non-hydrogen) atoms. The highest BCUT2D eigenvalue weighted by molar-refractivity contribution is 5.89. The van der Waals surface area contributed by atoms with E-state index in [0.29, 0.717) is 18.7 Å². The summed E-state index contributed by atoms with van der Waals surface area (Å²) in [6.45, 7) is 1.07. The fourth-order valence-electron chi connectivity index (χ4n) is 3.27. The summed E-state index contributed by atoms with van der Waals surface area (Å²) in [5, 5.41) is 11.1. The number of nitro benzene ring substituents is 1. The minimum absolute atomic E-state index is 0.0549. The van der Waals surface area contributed by atoms with E-state index < -0.39 is 22.9 Å². The number of nitro groups is 1. The molecule has 0 bridgehead atoms. The molecule has 1 heterocycles. The number of non-ortho nitro benzene ring substituents is 1. The number of ether oxygens (including phenoxy) is 2. The van der Waals surface area contributed by atoms with Gasteiger partial charge in [0, 0.05) is 38.5 Å². The number of nitrogens with zero attached hydrogens (tertiary/aromatic N) is 2. The largest absolute Gasteiger partial charge is 0.478 e. The molecule has 0 aromatic heterocycles. The first-order chi connectivity index (χ1) is 13.5. The van der Waals surface area contributed by atoms with E-state index in [4.69, 9.17) is 9.47 Å². The molecule has 1 amide bonds. The fourth-order valence-corrected chi connectivity index (χ4v) is 3.27. The number of unbranched alkanes of at least 4 members (excludes halogenated alkanes) is 1. The Bertz CT molecular complexity index is 860. The van der Waals surface area contributed by atoms with Crippen molar-refractivity contribution in [1.82, 2.24) is 4.90 Å². The van der Waals surface area contributed by atoms with Gasteiger partial charge in [0.25, 0.3) is 11.6 Å². The molecule has 0 saturated carbocycles. The molecule has 7 nitrogen and oxygen atoms in total. The highest BCUT2D eigenvalue weighted by atomic mass is 19.1. The molecular formula is C20H21FN2O5. The zero-order valence-electron chi connectivity index (χ0n) is 15.4. The van der Waals surface area contributed by atoms with Gasteiger partial charge in [0.1, 0.15) is 17.6 Å². The van der Waals surface area contributed by atoms with Gasteiger partial charge in [0.05, 0.1) is 4.92 Å². The second-order valence-corrected chi connectivity index (χ2v) is 6.52. The predicted octanol–water partition coefficient (Wildman–Crippen LogP) is 3.49. The summed E-state index contributed by atoms with van der Waals surface area (Å²) >= 11 is 0. The van der Waals surface area contributed by atoms with Gasteiger partial charge in [-0.25, -0.2) is 4.39 Å². The van der Waals surface area contributed by atoms with Gasteiger partial charge in [-0.1, -0.05) is 18.2 Å². The molecule has 0 aliphatic carbocycles. The third-order valence-corrected chi connectivity index (χ3v) is 4.63. The summed E-state index contributed by atoms with van der Waals surface area (Å²) in [6, 6.07) is 11.2. The van der Waals surface area contributed by atoms with Crippen LogP contribution in [0.2, 0.25) is 0 Å². The van der Waals surface area contributed by atoms with E-state index in [1.165, 1.54) is 30.3 Å². The van der Waals surface area contributed by atoms with Crippen molar-refractivity contribution < 1.29 is 23.6 Å². The van der Waals surface area contributed by atoms with Gasteiger partial charge in [-0.15, -0.1) is 0 Å². The number of hydrogen-bond acceptors (Lipinski definition) is 5. The monoisotopic (exact) mass is 388 g/mol. The van der Waals surface area contributed by atoms with Crippen LogP contribution in [0.5, 0.6) is 5.75 Å². The number of benzene rings is 2. The Morgan fingerprint density at radius 2 is 1.96 bits per heavy atom. The second-order valence-electron chi connectivity index (χ2n) is 6.52. The van der Waals surface area contributed by atoms with Crippen LogP contribution in [0.1, 0.15) is 24.4 Å². The lowest BCUT2D eigenvalue weighted by Crippen LogP contribution is -2.61. The van der Waals surface area contributed by atoms with Gasteiger partial charge in [-0.05, 0) is 30.5 Å². The molecule has 0 spiro atoms. The Balaban J connectivity index is 1.82. The number of methoxy groups -OCH3 is 1. The number of carbonyl (C=O) groups excluding carboxylic acids is 1. The molecule has 1 aliphatic rings. The molecular weight excluding hydrogens is 367 g/mol. The highest BCUT2D eigenvalue weighted by Crippen LogP contribution is 2.39. The second kappa shape index (κ2) is 8.79. The molecule has 3 rings (SSSR count). The quantitative estimate of drug-likeness (QED) is 0.284. The normalized spacial score (nSPS) is 18.6. The average Bonchev–Trinajstić information content (AvgIpc) is 2.69. The number of halogens is 1.